The topological polar surface area (TPSA) is 164 Å². The molecule has 0 aliphatic carbocycles. The maximum atomic E-state index is 12.4. The lowest BCUT2D eigenvalue weighted by Crippen LogP contribution is -2.38. The highest BCUT2D eigenvalue weighted by Gasteiger charge is 2.43. The minimum absolute atomic E-state index is 0.136. The predicted molar refractivity (Wildman–Crippen MR) is 95.1 cm³/mol. The van der Waals surface area contributed by atoms with E-state index in [1.54, 1.807) is 0 Å². The first-order valence-corrected chi connectivity index (χ1v) is 8.50. The molecule has 13 heteroatoms. The van der Waals surface area contributed by atoms with Crippen LogP contribution >= 0.6 is 0 Å². The summed E-state index contributed by atoms with van der Waals surface area (Å²) in [7, 11) is 0. The lowest BCUT2D eigenvalue weighted by Gasteiger charge is -2.28. The average molecular weight is 402 g/mol. The fourth-order valence-electron chi connectivity index (χ4n) is 3.21. The summed E-state index contributed by atoms with van der Waals surface area (Å²) in [5.74, 6) is -0.754. The van der Waals surface area contributed by atoms with Gasteiger partial charge in [-0.05, 0) is 6.07 Å². The number of rotatable bonds is 5. The summed E-state index contributed by atoms with van der Waals surface area (Å²) >= 11 is 0. The largest absolute Gasteiger partial charge is 0.344 e. The molecule has 3 atom stereocenters. The number of benzene rings is 1. The predicted octanol–water partition coefficient (Wildman–Crippen LogP) is 1.17. The SMILES string of the molecule is O=C(N/N=C1/CC(n2cc([N+](=O)[O-])cn2)C2COC1O2)c1ccccc1[N+](=O)[O-]. The number of hydrogen-bond donors (Lipinski definition) is 1. The lowest BCUT2D eigenvalue weighted by molar-refractivity contribution is -0.385. The van der Waals surface area contributed by atoms with Gasteiger partial charge in [-0.2, -0.15) is 10.2 Å². The van der Waals surface area contributed by atoms with E-state index in [1.165, 1.54) is 35.1 Å². The molecule has 1 N–H and O–H groups in total. The van der Waals surface area contributed by atoms with Gasteiger partial charge in [-0.1, -0.05) is 12.1 Å². The van der Waals surface area contributed by atoms with Crippen LogP contribution in [0.4, 0.5) is 11.4 Å². The van der Waals surface area contributed by atoms with Gasteiger partial charge in [-0.15, -0.1) is 0 Å². The molecule has 0 saturated carbocycles. The number of nitro groups is 2. The number of carbonyl (C=O) groups excluding carboxylic acids is 1. The Morgan fingerprint density at radius 1 is 1.28 bits per heavy atom. The quantitative estimate of drug-likeness (QED) is 0.575. The Kier molecular flexibility index (Phi) is 4.74. The van der Waals surface area contributed by atoms with Crippen LogP contribution in [0.15, 0.2) is 41.8 Å². The molecule has 2 saturated heterocycles. The van der Waals surface area contributed by atoms with Crippen LogP contribution in [-0.4, -0.2) is 50.2 Å². The number of carbonyl (C=O) groups is 1. The van der Waals surface area contributed by atoms with E-state index in [0.717, 1.165) is 6.20 Å². The molecule has 3 unspecified atom stereocenters. The number of hydrazone groups is 1. The standard InChI is InChI=1S/C16H14N6O7/c23-15(10-3-1-2-4-12(10)22(26)27)19-18-11-5-13(14-8-28-16(11)29-14)20-7-9(6-17-20)21(24)25/h1-4,6-7,13-14,16H,5,8H2,(H,19,23)/b18-11-. The van der Waals surface area contributed by atoms with Crippen LogP contribution in [0.5, 0.6) is 0 Å². The molecule has 150 valence electrons. The molecule has 0 spiro atoms. The Labute approximate surface area is 162 Å². The summed E-state index contributed by atoms with van der Waals surface area (Å²) in [6, 6.07) is 5.08. The van der Waals surface area contributed by atoms with Crippen LogP contribution in [0, 0.1) is 20.2 Å². The molecule has 2 aliphatic rings. The van der Waals surface area contributed by atoms with Gasteiger partial charge in [-0.3, -0.25) is 29.7 Å². The molecule has 1 amide bonds. The summed E-state index contributed by atoms with van der Waals surface area (Å²) in [6.45, 7) is 0.236. The van der Waals surface area contributed by atoms with Crippen LogP contribution in [0.3, 0.4) is 0 Å². The minimum atomic E-state index is -0.771. The third kappa shape index (κ3) is 3.55. The van der Waals surface area contributed by atoms with Gasteiger partial charge >= 0.3 is 5.69 Å². The number of ether oxygens (including phenoxy) is 2. The monoisotopic (exact) mass is 402 g/mol. The number of nitrogens with zero attached hydrogens (tertiary/aromatic N) is 5. The fraction of sp³-hybridized carbons (Fsp3) is 0.312. The number of nitro benzene ring substituents is 1. The summed E-state index contributed by atoms with van der Waals surface area (Å²) in [5, 5.41) is 30.0. The van der Waals surface area contributed by atoms with Crippen molar-refractivity contribution in [2.24, 2.45) is 5.10 Å². The Hall–Kier alpha value is -3.71. The van der Waals surface area contributed by atoms with E-state index >= 15 is 0 Å². The molecule has 3 heterocycles. The van der Waals surface area contributed by atoms with E-state index in [2.05, 4.69) is 15.6 Å². The van der Waals surface area contributed by atoms with Crippen LogP contribution in [0.25, 0.3) is 0 Å². The van der Waals surface area contributed by atoms with E-state index in [-0.39, 0.29) is 36.1 Å². The van der Waals surface area contributed by atoms with Crippen molar-refractivity contribution >= 4 is 23.0 Å². The number of aromatic nitrogens is 2. The first-order chi connectivity index (χ1) is 13.9. The molecule has 0 radical (unpaired) electrons. The van der Waals surface area contributed by atoms with Crippen molar-refractivity contribution < 1.29 is 24.1 Å². The molecular weight excluding hydrogens is 388 g/mol. The van der Waals surface area contributed by atoms with Gasteiger partial charge < -0.3 is 9.47 Å². The number of nitrogens with one attached hydrogen (secondary N) is 1. The van der Waals surface area contributed by atoms with Crippen LogP contribution in [0.2, 0.25) is 0 Å². The highest BCUT2D eigenvalue weighted by molar-refractivity contribution is 5.99. The number of amides is 1. The zero-order valence-corrected chi connectivity index (χ0v) is 14.7. The van der Waals surface area contributed by atoms with Crippen molar-refractivity contribution in [3.8, 4) is 0 Å². The molecular formula is C16H14N6O7. The van der Waals surface area contributed by atoms with E-state index in [1.807, 2.05) is 0 Å². The zero-order valence-electron chi connectivity index (χ0n) is 14.7. The summed E-state index contributed by atoms with van der Waals surface area (Å²) < 4.78 is 12.6. The number of fused-ring (bicyclic) bond motifs is 2. The third-order valence-corrected chi connectivity index (χ3v) is 4.61. The molecule has 2 bridgehead atoms. The van der Waals surface area contributed by atoms with E-state index in [4.69, 9.17) is 9.47 Å². The van der Waals surface area contributed by atoms with Crippen LogP contribution in [-0.2, 0) is 9.47 Å². The number of para-hydroxylation sites is 1. The fourth-order valence-corrected chi connectivity index (χ4v) is 3.21. The van der Waals surface area contributed by atoms with Crippen molar-refractivity contribution in [2.75, 3.05) is 6.61 Å². The summed E-state index contributed by atoms with van der Waals surface area (Å²) in [4.78, 5) is 33.1. The summed E-state index contributed by atoms with van der Waals surface area (Å²) in [6.07, 6.45) is 1.55. The van der Waals surface area contributed by atoms with Gasteiger partial charge in [0, 0.05) is 12.5 Å². The Bertz CT molecular complexity index is 1020. The maximum absolute atomic E-state index is 12.4. The van der Waals surface area contributed by atoms with Gasteiger partial charge in [0.15, 0.2) is 6.29 Å². The highest BCUT2D eigenvalue weighted by atomic mass is 16.7. The molecule has 13 nitrogen and oxygen atoms in total. The number of hydrogen-bond acceptors (Lipinski definition) is 9. The average Bonchev–Trinajstić information content (AvgIpc) is 3.36. The lowest BCUT2D eigenvalue weighted by atomic mass is 10.0. The molecule has 29 heavy (non-hydrogen) atoms. The molecule has 2 fully saturated rings. The third-order valence-electron chi connectivity index (χ3n) is 4.61. The Balaban J connectivity index is 1.53. The van der Waals surface area contributed by atoms with Gasteiger partial charge in [0.25, 0.3) is 11.6 Å². The van der Waals surface area contributed by atoms with Crippen molar-refractivity contribution in [1.29, 1.82) is 0 Å². The minimum Gasteiger partial charge on any atom is -0.344 e. The molecule has 4 rings (SSSR count). The molecule has 2 aromatic rings. The normalized spacial score (nSPS) is 24.4. The van der Waals surface area contributed by atoms with Crippen molar-refractivity contribution in [3.05, 3.63) is 62.5 Å². The Morgan fingerprint density at radius 3 is 2.79 bits per heavy atom. The summed E-state index contributed by atoms with van der Waals surface area (Å²) in [5.41, 5.74) is 1.99. The molecule has 2 aliphatic heterocycles. The van der Waals surface area contributed by atoms with Crippen molar-refractivity contribution in [3.63, 3.8) is 0 Å². The van der Waals surface area contributed by atoms with Gasteiger partial charge in [0.2, 0.25) is 0 Å². The first kappa shape index (κ1) is 18.6. The second-order valence-electron chi connectivity index (χ2n) is 6.37. The van der Waals surface area contributed by atoms with Crippen LogP contribution < -0.4 is 5.43 Å². The van der Waals surface area contributed by atoms with E-state index in [9.17, 15) is 25.0 Å². The van der Waals surface area contributed by atoms with Gasteiger partial charge in [0.1, 0.15) is 24.1 Å². The highest BCUT2D eigenvalue weighted by Crippen LogP contribution is 2.33. The van der Waals surface area contributed by atoms with Crippen LogP contribution in [0.1, 0.15) is 22.8 Å². The second kappa shape index (κ2) is 7.37. The molecule has 1 aromatic carbocycles. The first-order valence-electron chi connectivity index (χ1n) is 8.50. The van der Waals surface area contributed by atoms with Crippen molar-refractivity contribution in [2.45, 2.75) is 24.9 Å². The Morgan fingerprint density at radius 2 is 2.07 bits per heavy atom. The molecule has 1 aromatic heterocycles. The van der Waals surface area contributed by atoms with E-state index in [0.29, 0.717) is 5.71 Å². The zero-order chi connectivity index (χ0) is 20.5. The van der Waals surface area contributed by atoms with Gasteiger partial charge in [0.05, 0.1) is 28.2 Å². The van der Waals surface area contributed by atoms with E-state index < -0.39 is 28.1 Å². The second-order valence-corrected chi connectivity index (χ2v) is 6.37. The smallest absolute Gasteiger partial charge is 0.307 e. The van der Waals surface area contributed by atoms with Crippen molar-refractivity contribution in [1.82, 2.24) is 15.2 Å². The maximum Gasteiger partial charge on any atom is 0.307 e. The van der Waals surface area contributed by atoms with Gasteiger partial charge in [-0.25, -0.2) is 5.43 Å².